The monoisotopic (exact) mass is 208 g/mol. The predicted molar refractivity (Wildman–Crippen MR) is 51.3 cm³/mol. The molecule has 5 nitrogen and oxygen atoms in total. The fourth-order valence-corrected chi connectivity index (χ4v) is 1.20. The van der Waals surface area contributed by atoms with E-state index in [2.05, 4.69) is 10.2 Å². The van der Waals surface area contributed by atoms with Crippen LogP contribution in [-0.2, 0) is 7.05 Å². The number of hydrogen-bond acceptors (Lipinski definition) is 3. The molecule has 2 heterocycles. The van der Waals surface area contributed by atoms with Crippen LogP contribution in [0.3, 0.4) is 0 Å². The second-order valence-corrected chi connectivity index (χ2v) is 3.15. The Kier molecular flexibility index (Phi) is 2.11. The molecule has 0 atom stereocenters. The van der Waals surface area contributed by atoms with Crippen LogP contribution >= 0.6 is 0 Å². The van der Waals surface area contributed by atoms with Crippen molar-refractivity contribution in [3.05, 3.63) is 40.3 Å². The molecular formula is C9H9FN4O. The van der Waals surface area contributed by atoms with Crippen LogP contribution in [0, 0.1) is 12.9 Å². The number of halogens is 1. The van der Waals surface area contributed by atoms with Gasteiger partial charge in [0.2, 0.25) is 11.4 Å². The molecule has 0 unspecified atom stereocenters. The standard InChI is InChI=1S/C9H9FN4O/c1-6-8(15)3-4-14(12-6)7-5-11-13(2)9(7)10/h3-5H,1-2H3. The van der Waals surface area contributed by atoms with Crippen molar-refractivity contribution >= 4 is 0 Å². The van der Waals surface area contributed by atoms with E-state index in [1.165, 1.54) is 30.2 Å². The van der Waals surface area contributed by atoms with E-state index >= 15 is 0 Å². The Hall–Kier alpha value is -1.98. The van der Waals surface area contributed by atoms with Gasteiger partial charge in [0.1, 0.15) is 11.4 Å². The van der Waals surface area contributed by atoms with E-state index in [-0.39, 0.29) is 11.1 Å². The highest BCUT2D eigenvalue weighted by molar-refractivity contribution is 5.25. The average molecular weight is 208 g/mol. The summed E-state index contributed by atoms with van der Waals surface area (Å²) in [5.74, 6) is -0.495. The quantitative estimate of drug-likeness (QED) is 0.682. The summed E-state index contributed by atoms with van der Waals surface area (Å²) in [5, 5.41) is 7.68. The normalized spacial score (nSPS) is 10.6. The van der Waals surface area contributed by atoms with E-state index in [0.717, 1.165) is 4.68 Å². The van der Waals surface area contributed by atoms with E-state index in [0.29, 0.717) is 5.69 Å². The van der Waals surface area contributed by atoms with E-state index < -0.39 is 5.95 Å². The van der Waals surface area contributed by atoms with Gasteiger partial charge >= 0.3 is 0 Å². The topological polar surface area (TPSA) is 52.7 Å². The van der Waals surface area contributed by atoms with Crippen molar-refractivity contribution in [2.45, 2.75) is 6.92 Å². The Morgan fingerprint density at radius 1 is 1.47 bits per heavy atom. The highest BCUT2D eigenvalue weighted by atomic mass is 19.1. The fraction of sp³-hybridized carbons (Fsp3) is 0.222. The summed E-state index contributed by atoms with van der Waals surface area (Å²) in [5.41, 5.74) is 0.372. The van der Waals surface area contributed by atoms with Gasteiger partial charge in [-0.15, -0.1) is 0 Å². The maximum atomic E-state index is 13.4. The Labute approximate surface area is 84.8 Å². The summed E-state index contributed by atoms with van der Waals surface area (Å²) in [6.45, 7) is 1.58. The lowest BCUT2D eigenvalue weighted by Gasteiger charge is -2.02. The van der Waals surface area contributed by atoms with Crippen LogP contribution in [0.4, 0.5) is 4.39 Å². The molecule has 0 saturated heterocycles. The minimum absolute atomic E-state index is 0.171. The third kappa shape index (κ3) is 1.54. The lowest BCUT2D eigenvalue weighted by atomic mass is 10.4. The average Bonchev–Trinajstić information content (AvgIpc) is 2.53. The third-order valence-corrected chi connectivity index (χ3v) is 2.08. The zero-order valence-electron chi connectivity index (χ0n) is 8.31. The third-order valence-electron chi connectivity index (χ3n) is 2.08. The van der Waals surface area contributed by atoms with Crippen molar-refractivity contribution in [1.29, 1.82) is 0 Å². The van der Waals surface area contributed by atoms with Crippen LogP contribution in [0.5, 0.6) is 0 Å². The van der Waals surface area contributed by atoms with E-state index in [4.69, 9.17) is 0 Å². The molecule has 0 aliphatic carbocycles. The number of aryl methyl sites for hydroxylation is 2. The van der Waals surface area contributed by atoms with E-state index in [1.54, 1.807) is 6.92 Å². The number of hydrogen-bond donors (Lipinski definition) is 0. The molecule has 15 heavy (non-hydrogen) atoms. The number of nitrogens with zero attached hydrogens (tertiary/aromatic N) is 4. The minimum Gasteiger partial charge on any atom is -0.288 e. The van der Waals surface area contributed by atoms with Crippen molar-refractivity contribution in [1.82, 2.24) is 19.6 Å². The first-order chi connectivity index (χ1) is 7.09. The molecule has 0 radical (unpaired) electrons. The van der Waals surface area contributed by atoms with E-state index in [9.17, 15) is 9.18 Å². The molecule has 2 aromatic heterocycles. The summed E-state index contributed by atoms with van der Waals surface area (Å²) in [6, 6.07) is 1.34. The molecular weight excluding hydrogens is 199 g/mol. The molecule has 0 aromatic carbocycles. The maximum absolute atomic E-state index is 13.4. The molecule has 78 valence electrons. The van der Waals surface area contributed by atoms with Gasteiger partial charge in [-0.3, -0.25) is 4.79 Å². The first kappa shape index (κ1) is 9.57. The Bertz CT molecular complexity index is 557. The van der Waals surface area contributed by atoms with Gasteiger partial charge in [0, 0.05) is 19.3 Å². The molecule has 6 heteroatoms. The van der Waals surface area contributed by atoms with Crippen molar-refractivity contribution in [3.63, 3.8) is 0 Å². The molecule has 2 aromatic rings. The molecule has 0 N–H and O–H groups in total. The van der Waals surface area contributed by atoms with Gasteiger partial charge in [0.15, 0.2) is 0 Å². The van der Waals surface area contributed by atoms with Gasteiger partial charge < -0.3 is 0 Å². The Balaban J connectivity index is 2.59. The zero-order valence-corrected chi connectivity index (χ0v) is 8.31. The minimum atomic E-state index is -0.495. The fourth-order valence-electron chi connectivity index (χ4n) is 1.20. The summed E-state index contributed by atoms with van der Waals surface area (Å²) in [6.07, 6.45) is 2.77. The van der Waals surface area contributed by atoms with E-state index in [1.807, 2.05) is 0 Å². The molecule has 0 amide bonds. The predicted octanol–water partition coefficient (Wildman–Crippen LogP) is 0.414. The molecule has 0 spiro atoms. The van der Waals surface area contributed by atoms with Gasteiger partial charge in [-0.1, -0.05) is 0 Å². The van der Waals surface area contributed by atoms with Crippen LogP contribution < -0.4 is 5.43 Å². The summed E-state index contributed by atoms with van der Waals surface area (Å²) >= 11 is 0. The van der Waals surface area contributed by atoms with Crippen molar-refractivity contribution in [2.24, 2.45) is 7.05 Å². The SMILES string of the molecule is Cc1nn(-c2cnn(C)c2F)ccc1=O. The summed E-state index contributed by atoms with van der Waals surface area (Å²) in [7, 11) is 1.49. The second-order valence-electron chi connectivity index (χ2n) is 3.15. The molecule has 0 bridgehead atoms. The van der Waals surface area contributed by atoms with Crippen LogP contribution in [0.15, 0.2) is 23.3 Å². The van der Waals surface area contributed by atoms with Crippen molar-refractivity contribution in [2.75, 3.05) is 0 Å². The van der Waals surface area contributed by atoms with Gasteiger partial charge in [-0.05, 0) is 6.92 Å². The van der Waals surface area contributed by atoms with Crippen molar-refractivity contribution < 1.29 is 4.39 Å². The largest absolute Gasteiger partial charge is 0.288 e. The van der Waals surface area contributed by atoms with Gasteiger partial charge in [0.25, 0.3) is 0 Å². The lowest BCUT2D eigenvalue weighted by molar-refractivity contribution is 0.496. The molecule has 2 rings (SSSR count). The highest BCUT2D eigenvalue weighted by Gasteiger charge is 2.09. The van der Waals surface area contributed by atoms with Crippen LogP contribution in [-0.4, -0.2) is 19.6 Å². The Morgan fingerprint density at radius 3 is 2.73 bits per heavy atom. The van der Waals surface area contributed by atoms with Crippen LogP contribution in [0.25, 0.3) is 5.69 Å². The highest BCUT2D eigenvalue weighted by Crippen LogP contribution is 2.08. The van der Waals surface area contributed by atoms with Crippen LogP contribution in [0.1, 0.15) is 5.69 Å². The maximum Gasteiger partial charge on any atom is 0.237 e. The van der Waals surface area contributed by atoms with Gasteiger partial charge in [-0.25, -0.2) is 9.36 Å². The zero-order chi connectivity index (χ0) is 11.0. The van der Waals surface area contributed by atoms with Gasteiger partial charge in [-0.2, -0.15) is 14.6 Å². The summed E-state index contributed by atoms with van der Waals surface area (Å²) in [4.78, 5) is 11.1. The molecule has 0 fully saturated rings. The van der Waals surface area contributed by atoms with Crippen molar-refractivity contribution in [3.8, 4) is 5.69 Å². The van der Waals surface area contributed by atoms with Crippen LogP contribution in [0.2, 0.25) is 0 Å². The molecule has 0 aliphatic heterocycles. The second kappa shape index (κ2) is 3.30. The first-order valence-electron chi connectivity index (χ1n) is 4.34. The first-order valence-corrected chi connectivity index (χ1v) is 4.34. The smallest absolute Gasteiger partial charge is 0.237 e. The number of aromatic nitrogens is 4. The Morgan fingerprint density at radius 2 is 2.20 bits per heavy atom. The lowest BCUT2D eigenvalue weighted by Crippen LogP contribution is -2.13. The molecule has 0 aliphatic rings. The van der Waals surface area contributed by atoms with Gasteiger partial charge in [0.05, 0.1) is 6.20 Å². The molecule has 0 saturated carbocycles. The summed E-state index contributed by atoms with van der Waals surface area (Å²) < 4.78 is 15.8. The number of rotatable bonds is 1.